The van der Waals surface area contributed by atoms with E-state index in [2.05, 4.69) is 53.1 Å². The summed E-state index contributed by atoms with van der Waals surface area (Å²) in [6.07, 6.45) is 0.902. The molecule has 1 fully saturated rings. The molecule has 0 bridgehead atoms. The van der Waals surface area contributed by atoms with Crippen LogP contribution in [0.5, 0.6) is 0 Å². The largest absolute Gasteiger partial charge is 0.461 e. The zero-order valence-electron chi connectivity index (χ0n) is 7.06. The maximum Gasteiger partial charge on any atom is 0.328 e. The number of alkyl halides is 3. The van der Waals surface area contributed by atoms with Gasteiger partial charge in [-0.1, -0.05) is 47.8 Å². The average molecular weight is 394 g/mol. The van der Waals surface area contributed by atoms with Crippen LogP contribution >= 0.6 is 47.8 Å². The monoisotopic (exact) mass is 391 g/mol. The third kappa shape index (κ3) is 4.27. The molecule has 0 aromatic rings. The SMILES string of the molecule is O=C1CC[C@@H](C(=O)OCC(Br)(Br)Br)N1. The van der Waals surface area contributed by atoms with Crippen molar-refractivity contribution >= 4 is 59.7 Å². The number of hydrogen-bond acceptors (Lipinski definition) is 3. The molecule has 1 rings (SSSR count). The average Bonchev–Trinajstić information content (AvgIpc) is 2.46. The van der Waals surface area contributed by atoms with Gasteiger partial charge >= 0.3 is 5.97 Å². The molecule has 0 spiro atoms. The molecule has 80 valence electrons. The van der Waals surface area contributed by atoms with Crippen molar-refractivity contribution < 1.29 is 14.3 Å². The fourth-order valence-corrected chi connectivity index (χ4v) is 1.39. The Hall–Kier alpha value is 0.380. The molecule has 1 aliphatic heterocycles. The number of esters is 1. The van der Waals surface area contributed by atoms with Crippen LogP contribution in [0.2, 0.25) is 0 Å². The number of ether oxygens (including phenoxy) is 1. The number of carbonyl (C=O) groups excluding carboxylic acids is 2. The van der Waals surface area contributed by atoms with Crippen LogP contribution in [0.3, 0.4) is 0 Å². The molecule has 1 atom stereocenters. The van der Waals surface area contributed by atoms with E-state index in [1.807, 2.05) is 0 Å². The quantitative estimate of drug-likeness (QED) is 0.573. The van der Waals surface area contributed by atoms with E-state index in [4.69, 9.17) is 4.74 Å². The first-order valence-electron chi connectivity index (χ1n) is 3.91. The second-order valence-electron chi connectivity index (χ2n) is 2.88. The Morgan fingerprint density at radius 3 is 2.64 bits per heavy atom. The number of halogens is 3. The highest BCUT2D eigenvalue weighted by atomic mass is 80.0. The van der Waals surface area contributed by atoms with Crippen molar-refractivity contribution in [3.63, 3.8) is 0 Å². The Labute approximate surface area is 107 Å². The summed E-state index contributed by atoms with van der Waals surface area (Å²) in [5.41, 5.74) is 0. The van der Waals surface area contributed by atoms with Crippen LogP contribution < -0.4 is 5.32 Å². The van der Waals surface area contributed by atoms with Gasteiger partial charge in [-0.05, 0) is 6.42 Å². The van der Waals surface area contributed by atoms with Gasteiger partial charge in [-0.3, -0.25) is 4.79 Å². The van der Waals surface area contributed by atoms with Crippen LogP contribution in [0.4, 0.5) is 0 Å². The highest BCUT2D eigenvalue weighted by Crippen LogP contribution is 2.33. The van der Waals surface area contributed by atoms with Crippen LogP contribution in [-0.4, -0.2) is 26.7 Å². The van der Waals surface area contributed by atoms with Crippen molar-refractivity contribution in [3.8, 4) is 0 Å². The second-order valence-corrected chi connectivity index (χ2v) is 10.1. The Morgan fingerprint density at radius 1 is 1.57 bits per heavy atom. The van der Waals surface area contributed by atoms with Crippen LogP contribution in [0.15, 0.2) is 0 Å². The number of carbonyl (C=O) groups is 2. The predicted octanol–water partition coefficient (Wildman–Crippen LogP) is 1.65. The Balaban J connectivity index is 2.32. The van der Waals surface area contributed by atoms with Gasteiger partial charge < -0.3 is 10.1 Å². The molecular formula is C7H8Br3NO3. The van der Waals surface area contributed by atoms with Gasteiger partial charge in [0.05, 0.1) is 0 Å². The van der Waals surface area contributed by atoms with Gasteiger partial charge in [0.2, 0.25) is 5.91 Å². The van der Waals surface area contributed by atoms with Crippen LogP contribution in [0.1, 0.15) is 12.8 Å². The van der Waals surface area contributed by atoms with E-state index in [0.717, 1.165) is 0 Å². The Kier molecular flexibility index (Phi) is 4.39. The van der Waals surface area contributed by atoms with Crippen molar-refractivity contribution in [3.05, 3.63) is 0 Å². The fraction of sp³-hybridized carbons (Fsp3) is 0.714. The van der Waals surface area contributed by atoms with Gasteiger partial charge in [0.15, 0.2) is 2.14 Å². The maximum absolute atomic E-state index is 11.3. The molecule has 1 aliphatic rings. The van der Waals surface area contributed by atoms with E-state index in [1.165, 1.54) is 0 Å². The molecule has 0 saturated carbocycles. The molecule has 0 aromatic carbocycles. The number of rotatable bonds is 2. The molecule has 7 heteroatoms. The van der Waals surface area contributed by atoms with Crippen molar-refractivity contribution in [2.45, 2.75) is 21.0 Å². The zero-order chi connectivity index (χ0) is 10.8. The fourth-order valence-electron chi connectivity index (χ4n) is 1.04. The van der Waals surface area contributed by atoms with Gasteiger partial charge in [0.1, 0.15) is 12.6 Å². The minimum atomic E-state index is -0.592. The van der Waals surface area contributed by atoms with E-state index in [0.29, 0.717) is 12.8 Å². The molecule has 4 nitrogen and oxygen atoms in total. The molecule has 14 heavy (non-hydrogen) atoms. The predicted molar refractivity (Wildman–Crippen MR) is 61.6 cm³/mol. The van der Waals surface area contributed by atoms with Gasteiger partial charge in [-0.15, -0.1) is 0 Å². The Morgan fingerprint density at radius 2 is 2.21 bits per heavy atom. The Bertz CT molecular complexity index is 251. The zero-order valence-corrected chi connectivity index (χ0v) is 11.8. The van der Waals surface area contributed by atoms with E-state index in [-0.39, 0.29) is 12.5 Å². The van der Waals surface area contributed by atoms with Crippen LogP contribution in [0, 0.1) is 0 Å². The molecule has 1 saturated heterocycles. The van der Waals surface area contributed by atoms with Crippen molar-refractivity contribution in [2.75, 3.05) is 6.61 Å². The third-order valence-corrected chi connectivity index (χ3v) is 2.34. The smallest absolute Gasteiger partial charge is 0.328 e. The minimum Gasteiger partial charge on any atom is -0.461 e. The standard InChI is InChI=1S/C7H8Br3NO3/c8-7(9,10)3-14-6(13)4-1-2-5(12)11-4/h4H,1-3H2,(H,11,12)/t4-/m0/s1. The molecule has 0 unspecified atom stereocenters. The topological polar surface area (TPSA) is 55.4 Å². The summed E-state index contributed by atoms with van der Waals surface area (Å²) in [6, 6.07) is -0.489. The molecule has 0 aliphatic carbocycles. The second kappa shape index (κ2) is 4.94. The summed E-state index contributed by atoms with van der Waals surface area (Å²) in [5.74, 6) is -0.506. The van der Waals surface area contributed by atoms with E-state index >= 15 is 0 Å². The van der Waals surface area contributed by atoms with E-state index < -0.39 is 14.2 Å². The molecular weight excluding hydrogens is 386 g/mol. The minimum absolute atomic E-state index is 0.102. The highest BCUT2D eigenvalue weighted by molar-refractivity contribution is 9.39. The number of hydrogen-bond donors (Lipinski definition) is 1. The molecule has 0 radical (unpaired) electrons. The molecule has 1 N–H and O–H groups in total. The molecule has 1 heterocycles. The van der Waals surface area contributed by atoms with Gasteiger partial charge in [-0.25, -0.2) is 4.79 Å². The summed E-state index contributed by atoms with van der Waals surface area (Å²) in [7, 11) is 0. The van der Waals surface area contributed by atoms with E-state index in [9.17, 15) is 9.59 Å². The first kappa shape index (κ1) is 12.4. The van der Waals surface area contributed by atoms with E-state index in [1.54, 1.807) is 0 Å². The summed E-state index contributed by atoms with van der Waals surface area (Å²) in [4.78, 5) is 22.2. The van der Waals surface area contributed by atoms with Crippen molar-refractivity contribution in [2.24, 2.45) is 0 Å². The lowest BCUT2D eigenvalue weighted by Gasteiger charge is -2.14. The van der Waals surface area contributed by atoms with Crippen LogP contribution in [0.25, 0.3) is 0 Å². The summed E-state index contributed by atoms with van der Waals surface area (Å²) < 4.78 is 4.35. The highest BCUT2D eigenvalue weighted by Gasteiger charge is 2.30. The molecule has 1 amide bonds. The van der Waals surface area contributed by atoms with Gasteiger partial charge in [-0.2, -0.15) is 0 Å². The summed E-state index contributed by atoms with van der Waals surface area (Å²) in [5, 5.41) is 2.53. The van der Waals surface area contributed by atoms with Crippen LogP contribution in [-0.2, 0) is 14.3 Å². The number of nitrogens with one attached hydrogen (secondary N) is 1. The third-order valence-electron chi connectivity index (χ3n) is 1.66. The van der Waals surface area contributed by atoms with Gasteiger partial charge in [0.25, 0.3) is 0 Å². The normalized spacial score (nSPS) is 21.9. The maximum atomic E-state index is 11.3. The summed E-state index contributed by atoms with van der Waals surface area (Å²) >= 11 is 9.59. The lowest BCUT2D eigenvalue weighted by atomic mass is 10.2. The first-order chi connectivity index (χ1) is 6.38. The van der Waals surface area contributed by atoms with Crippen molar-refractivity contribution in [1.29, 1.82) is 0 Å². The van der Waals surface area contributed by atoms with Crippen molar-refractivity contribution in [1.82, 2.24) is 5.32 Å². The first-order valence-corrected chi connectivity index (χ1v) is 6.29. The summed E-state index contributed by atoms with van der Waals surface area (Å²) in [6.45, 7) is 0.137. The lowest BCUT2D eigenvalue weighted by Crippen LogP contribution is -2.35. The lowest BCUT2D eigenvalue weighted by molar-refractivity contribution is -0.146. The number of amides is 1. The van der Waals surface area contributed by atoms with Gasteiger partial charge in [0, 0.05) is 6.42 Å². The molecule has 0 aromatic heterocycles.